The number of benzene rings is 1. The van der Waals surface area contributed by atoms with Gasteiger partial charge in [-0.25, -0.2) is 0 Å². The van der Waals surface area contributed by atoms with Gasteiger partial charge in [0.1, 0.15) is 0 Å². The second kappa shape index (κ2) is 6.61. The number of likely N-dealkylation sites (tertiary alicyclic amines) is 1. The zero-order valence-electron chi connectivity index (χ0n) is 13.0. The molecule has 1 aliphatic carbocycles. The van der Waals surface area contributed by atoms with E-state index in [1.807, 2.05) is 0 Å². The summed E-state index contributed by atoms with van der Waals surface area (Å²) in [5, 5.41) is 0. The van der Waals surface area contributed by atoms with Crippen LogP contribution in [0.25, 0.3) is 0 Å². The Balaban J connectivity index is 1.50. The van der Waals surface area contributed by atoms with E-state index < -0.39 is 0 Å². The Morgan fingerprint density at radius 1 is 1.19 bits per heavy atom. The van der Waals surface area contributed by atoms with Crippen LogP contribution in [0, 0.1) is 5.92 Å². The van der Waals surface area contributed by atoms with Crippen LogP contribution in [0.4, 0.5) is 0 Å². The lowest BCUT2D eigenvalue weighted by atomic mass is 10.1. The minimum Gasteiger partial charge on any atom is -0.339 e. The molecular formula is C18H26N2O. The highest BCUT2D eigenvalue weighted by Gasteiger charge is 2.35. The summed E-state index contributed by atoms with van der Waals surface area (Å²) in [6.45, 7) is 2.96. The highest BCUT2D eigenvalue weighted by Crippen LogP contribution is 2.29. The number of hydrogen-bond acceptors (Lipinski definition) is 2. The largest absolute Gasteiger partial charge is 0.339 e. The van der Waals surface area contributed by atoms with E-state index in [4.69, 9.17) is 0 Å². The zero-order chi connectivity index (χ0) is 14.7. The van der Waals surface area contributed by atoms with Gasteiger partial charge in [0.05, 0.1) is 0 Å². The lowest BCUT2D eigenvalue weighted by molar-refractivity contribution is -0.129. The first kappa shape index (κ1) is 14.6. The monoisotopic (exact) mass is 286 g/mol. The first-order valence-electron chi connectivity index (χ1n) is 8.24. The van der Waals surface area contributed by atoms with E-state index in [2.05, 4.69) is 47.2 Å². The molecule has 1 saturated heterocycles. The van der Waals surface area contributed by atoms with Gasteiger partial charge in [0.25, 0.3) is 0 Å². The molecule has 0 aromatic heterocycles. The standard InChI is InChI=1S/C18H26N2O/c1-19(12-15-7-3-2-4-8-15)13-16-11-18(21)20(14-16)17-9-5-6-10-17/h2-4,7-8,16-17H,5-6,9-14H2,1H3/t16-/m0/s1. The molecule has 114 valence electrons. The minimum absolute atomic E-state index is 0.389. The molecule has 1 heterocycles. The summed E-state index contributed by atoms with van der Waals surface area (Å²) in [7, 11) is 2.16. The van der Waals surface area contributed by atoms with Gasteiger partial charge in [-0.15, -0.1) is 0 Å². The smallest absolute Gasteiger partial charge is 0.223 e. The normalized spacial score (nSPS) is 23.4. The summed E-state index contributed by atoms with van der Waals surface area (Å²) in [6, 6.07) is 11.1. The van der Waals surface area contributed by atoms with Gasteiger partial charge < -0.3 is 9.80 Å². The molecule has 2 aliphatic rings. The molecule has 21 heavy (non-hydrogen) atoms. The topological polar surface area (TPSA) is 23.6 Å². The van der Waals surface area contributed by atoms with Gasteiger partial charge in [0, 0.05) is 32.1 Å². The first-order chi connectivity index (χ1) is 10.2. The molecule has 0 spiro atoms. The third kappa shape index (κ3) is 3.65. The van der Waals surface area contributed by atoms with Crippen LogP contribution in [0.15, 0.2) is 30.3 Å². The van der Waals surface area contributed by atoms with E-state index in [0.29, 0.717) is 17.9 Å². The van der Waals surface area contributed by atoms with Crippen LogP contribution < -0.4 is 0 Å². The highest BCUT2D eigenvalue weighted by atomic mass is 16.2. The average Bonchev–Trinajstić information content (AvgIpc) is 3.09. The zero-order valence-corrected chi connectivity index (χ0v) is 13.0. The molecule has 0 unspecified atom stereocenters. The number of hydrogen-bond donors (Lipinski definition) is 0. The summed E-state index contributed by atoms with van der Waals surface area (Å²) < 4.78 is 0. The molecule has 1 aromatic carbocycles. The molecule has 0 N–H and O–H groups in total. The van der Waals surface area contributed by atoms with Crippen molar-refractivity contribution in [1.82, 2.24) is 9.80 Å². The van der Waals surface area contributed by atoms with Crippen molar-refractivity contribution in [3.05, 3.63) is 35.9 Å². The van der Waals surface area contributed by atoms with E-state index in [0.717, 1.165) is 26.1 Å². The highest BCUT2D eigenvalue weighted by molar-refractivity contribution is 5.79. The van der Waals surface area contributed by atoms with Crippen LogP contribution in [0.2, 0.25) is 0 Å². The Morgan fingerprint density at radius 3 is 2.62 bits per heavy atom. The maximum absolute atomic E-state index is 12.2. The van der Waals surface area contributed by atoms with Crippen molar-refractivity contribution in [2.24, 2.45) is 5.92 Å². The summed E-state index contributed by atoms with van der Waals surface area (Å²) in [4.78, 5) is 16.7. The fourth-order valence-electron chi connectivity index (χ4n) is 3.90. The van der Waals surface area contributed by atoms with E-state index in [1.54, 1.807) is 0 Å². The lowest BCUT2D eigenvalue weighted by Crippen LogP contribution is -2.35. The number of carbonyl (C=O) groups excluding carboxylic acids is 1. The second-order valence-electron chi connectivity index (χ2n) is 6.74. The Kier molecular flexibility index (Phi) is 4.59. The Hall–Kier alpha value is -1.35. The molecule has 1 aliphatic heterocycles. The predicted octanol–water partition coefficient (Wildman–Crippen LogP) is 2.91. The molecule has 3 rings (SSSR count). The third-order valence-corrected chi connectivity index (χ3v) is 4.87. The van der Waals surface area contributed by atoms with Gasteiger partial charge >= 0.3 is 0 Å². The molecule has 1 saturated carbocycles. The molecule has 0 radical (unpaired) electrons. The summed E-state index contributed by atoms with van der Waals surface area (Å²) in [5.41, 5.74) is 1.34. The van der Waals surface area contributed by atoms with Crippen molar-refractivity contribution in [1.29, 1.82) is 0 Å². The maximum atomic E-state index is 12.2. The Bertz CT molecular complexity index is 467. The van der Waals surface area contributed by atoms with Crippen LogP contribution in [0.5, 0.6) is 0 Å². The number of nitrogens with zero attached hydrogens (tertiary/aromatic N) is 2. The van der Waals surface area contributed by atoms with Gasteiger partial charge in [-0.2, -0.15) is 0 Å². The minimum atomic E-state index is 0.389. The third-order valence-electron chi connectivity index (χ3n) is 4.87. The number of amides is 1. The number of rotatable bonds is 5. The van der Waals surface area contributed by atoms with Gasteiger partial charge in [-0.1, -0.05) is 43.2 Å². The number of carbonyl (C=O) groups is 1. The van der Waals surface area contributed by atoms with Gasteiger partial charge in [-0.3, -0.25) is 4.79 Å². The lowest BCUT2D eigenvalue weighted by Gasteiger charge is -2.25. The summed E-state index contributed by atoms with van der Waals surface area (Å²) in [5.74, 6) is 0.895. The van der Waals surface area contributed by atoms with Crippen LogP contribution >= 0.6 is 0 Å². The molecule has 1 atom stereocenters. The van der Waals surface area contributed by atoms with Crippen LogP contribution in [-0.2, 0) is 11.3 Å². The van der Waals surface area contributed by atoms with E-state index >= 15 is 0 Å². The van der Waals surface area contributed by atoms with Crippen molar-refractivity contribution in [2.75, 3.05) is 20.1 Å². The molecule has 0 bridgehead atoms. The van der Waals surface area contributed by atoms with Crippen molar-refractivity contribution >= 4 is 5.91 Å². The molecule has 2 fully saturated rings. The van der Waals surface area contributed by atoms with Gasteiger partial charge in [0.15, 0.2) is 0 Å². The molecule has 1 amide bonds. The molecule has 3 nitrogen and oxygen atoms in total. The molecular weight excluding hydrogens is 260 g/mol. The van der Waals surface area contributed by atoms with E-state index in [9.17, 15) is 4.79 Å². The van der Waals surface area contributed by atoms with Crippen LogP contribution in [-0.4, -0.2) is 41.9 Å². The van der Waals surface area contributed by atoms with E-state index in [-0.39, 0.29) is 0 Å². The second-order valence-corrected chi connectivity index (χ2v) is 6.74. The van der Waals surface area contributed by atoms with Crippen molar-refractivity contribution in [2.45, 2.75) is 44.7 Å². The SMILES string of the molecule is CN(Cc1ccccc1)C[C@@H]1CC(=O)N(C2CCCC2)C1. The maximum Gasteiger partial charge on any atom is 0.223 e. The van der Waals surface area contributed by atoms with Crippen molar-refractivity contribution in [3.63, 3.8) is 0 Å². The van der Waals surface area contributed by atoms with Crippen LogP contribution in [0.3, 0.4) is 0 Å². The first-order valence-corrected chi connectivity index (χ1v) is 8.24. The fraction of sp³-hybridized carbons (Fsp3) is 0.611. The summed E-state index contributed by atoms with van der Waals surface area (Å²) in [6.07, 6.45) is 5.78. The fourth-order valence-corrected chi connectivity index (χ4v) is 3.90. The van der Waals surface area contributed by atoms with Gasteiger partial charge in [0.2, 0.25) is 5.91 Å². The average molecular weight is 286 g/mol. The Morgan fingerprint density at radius 2 is 1.90 bits per heavy atom. The Labute approximate surface area is 127 Å². The molecule has 3 heteroatoms. The quantitative estimate of drug-likeness (QED) is 0.831. The van der Waals surface area contributed by atoms with Crippen molar-refractivity contribution in [3.8, 4) is 0 Å². The summed E-state index contributed by atoms with van der Waals surface area (Å²) >= 11 is 0. The molecule has 1 aromatic rings. The van der Waals surface area contributed by atoms with E-state index in [1.165, 1.54) is 31.2 Å². The van der Waals surface area contributed by atoms with Crippen LogP contribution in [0.1, 0.15) is 37.7 Å². The van der Waals surface area contributed by atoms with Gasteiger partial charge in [-0.05, 0) is 31.4 Å². The predicted molar refractivity (Wildman–Crippen MR) is 84.9 cm³/mol. The van der Waals surface area contributed by atoms with Crippen molar-refractivity contribution < 1.29 is 4.79 Å².